The minimum absolute atomic E-state index is 0.0110. The number of hydrogen-bond acceptors (Lipinski definition) is 5. The van der Waals surface area contributed by atoms with E-state index in [-0.39, 0.29) is 12.0 Å². The summed E-state index contributed by atoms with van der Waals surface area (Å²) in [6.07, 6.45) is -0.798. The first kappa shape index (κ1) is 26.9. The summed E-state index contributed by atoms with van der Waals surface area (Å²) < 4.78 is 17.6. The Kier molecular flexibility index (Phi) is 9.84. The first-order valence-corrected chi connectivity index (χ1v) is 19.6. The molecule has 9 heteroatoms. The Morgan fingerprint density at radius 1 is 1.03 bits per heavy atom. The van der Waals surface area contributed by atoms with E-state index in [0.29, 0.717) is 32.7 Å². The van der Waals surface area contributed by atoms with Gasteiger partial charge in [0.2, 0.25) is 0 Å². The van der Waals surface area contributed by atoms with E-state index < -0.39 is 28.4 Å². The summed E-state index contributed by atoms with van der Waals surface area (Å²) in [4.78, 5) is 26.7. The van der Waals surface area contributed by atoms with E-state index in [1.54, 1.807) is 4.90 Å². The number of likely N-dealkylation sites (tertiary alicyclic amines) is 1. The Labute approximate surface area is 203 Å². The predicted octanol–water partition coefficient (Wildman–Crippen LogP) is 6.57. The van der Waals surface area contributed by atoms with Crippen LogP contribution in [0, 0.1) is 0 Å². The quantitative estimate of drug-likeness (QED) is 0.274. The van der Waals surface area contributed by atoms with Gasteiger partial charge in [-0.15, -0.1) is 0 Å². The van der Waals surface area contributed by atoms with Gasteiger partial charge in [-0.25, -0.2) is 9.59 Å². The Bertz CT molecular complexity index is 778. The summed E-state index contributed by atoms with van der Waals surface area (Å²) in [5, 5.41) is 0. The molecule has 0 spiro atoms. The van der Waals surface area contributed by atoms with Crippen molar-refractivity contribution in [1.29, 1.82) is 0 Å². The molecule has 0 N–H and O–H groups in total. The maximum Gasteiger partial charge on any atom is 0.508 e. The lowest BCUT2D eigenvalue weighted by molar-refractivity contribution is -0.0137. The summed E-state index contributed by atoms with van der Waals surface area (Å²) in [5.41, 5.74) is 1.08. The van der Waals surface area contributed by atoms with E-state index in [0.717, 1.165) is 22.1 Å². The largest absolute Gasteiger partial charge is 0.508 e. The van der Waals surface area contributed by atoms with Gasteiger partial charge in [0.25, 0.3) is 0 Å². The highest BCUT2D eigenvalue weighted by Crippen LogP contribution is 2.32. The lowest BCUT2D eigenvalue weighted by atomic mass is 9.87. The fourth-order valence-corrected chi connectivity index (χ4v) is 5.30. The Morgan fingerprint density at radius 3 is 2.25 bits per heavy atom. The van der Waals surface area contributed by atoms with Gasteiger partial charge in [0, 0.05) is 33.1 Å². The van der Waals surface area contributed by atoms with Crippen molar-refractivity contribution in [2.24, 2.45) is 0 Å². The van der Waals surface area contributed by atoms with Gasteiger partial charge in [-0.05, 0) is 36.2 Å². The van der Waals surface area contributed by atoms with E-state index >= 15 is 0 Å². The normalized spacial score (nSPS) is 19.4. The van der Waals surface area contributed by atoms with Crippen LogP contribution >= 0.6 is 15.9 Å². The molecular weight excluding hydrogens is 506 g/mol. The van der Waals surface area contributed by atoms with E-state index in [1.807, 2.05) is 24.3 Å². The van der Waals surface area contributed by atoms with Crippen molar-refractivity contribution < 1.29 is 23.8 Å². The summed E-state index contributed by atoms with van der Waals surface area (Å²) in [5.74, 6) is -0.0110. The van der Waals surface area contributed by atoms with Crippen LogP contribution in [0.2, 0.25) is 51.4 Å². The van der Waals surface area contributed by atoms with E-state index in [1.165, 1.54) is 0 Å². The van der Waals surface area contributed by atoms with Crippen molar-refractivity contribution in [2.45, 2.75) is 69.8 Å². The third-order valence-electron chi connectivity index (χ3n) is 5.49. The topological polar surface area (TPSA) is 65.1 Å². The molecule has 2 unspecified atom stereocenters. The average molecular weight is 545 g/mol. The van der Waals surface area contributed by atoms with Crippen LogP contribution in [0.15, 0.2) is 28.7 Å². The minimum Gasteiger partial charge on any atom is -0.450 e. The number of amides is 1. The first-order chi connectivity index (χ1) is 14.8. The molecule has 0 aliphatic carbocycles. The smallest absolute Gasteiger partial charge is 0.450 e. The third-order valence-corrected chi connectivity index (χ3v) is 9.39. The molecule has 1 amide bonds. The number of piperidine rings is 1. The highest BCUT2D eigenvalue weighted by Gasteiger charge is 2.36. The molecular formula is C23H38BrNO5Si2. The molecule has 0 radical (unpaired) electrons. The fourth-order valence-electron chi connectivity index (χ4n) is 3.45. The maximum absolute atomic E-state index is 12.6. The predicted molar refractivity (Wildman–Crippen MR) is 137 cm³/mol. The van der Waals surface area contributed by atoms with E-state index in [2.05, 4.69) is 55.2 Å². The van der Waals surface area contributed by atoms with Crippen LogP contribution in [-0.4, -0.2) is 65.7 Å². The molecule has 180 valence electrons. The van der Waals surface area contributed by atoms with Crippen LogP contribution < -0.4 is 0 Å². The van der Waals surface area contributed by atoms with Gasteiger partial charge in [0.15, 0.2) is 0 Å². The van der Waals surface area contributed by atoms with Crippen LogP contribution in [0.1, 0.15) is 17.9 Å². The lowest BCUT2D eigenvalue weighted by Gasteiger charge is -2.37. The van der Waals surface area contributed by atoms with Crippen molar-refractivity contribution in [3.63, 3.8) is 0 Å². The summed E-state index contributed by atoms with van der Waals surface area (Å²) in [6.45, 7) is 15.1. The van der Waals surface area contributed by atoms with Crippen molar-refractivity contribution in [3.8, 4) is 0 Å². The molecule has 6 nitrogen and oxygen atoms in total. The van der Waals surface area contributed by atoms with Crippen molar-refractivity contribution in [3.05, 3.63) is 34.3 Å². The number of hydrogen-bond donors (Lipinski definition) is 0. The molecule has 1 fully saturated rings. The molecule has 0 aromatic heterocycles. The monoisotopic (exact) mass is 543 g/mol. The summed E-state index contributed by atoms with van der Waals surface area (Å²) in [6, 6.07) is 9.83. The molecule has 0 saturated carbocycles. The van der Waals surface area contributed by atoms with Crippen LogP contribution in [0.4, 0.5) is 9.59 Å². The van der Waals surface area contributed by atoms with Crippen molar-refractivity contribution >= 4 is 44.3 Å². The van der Waals surface area contributed by atoms with Crippen LogP contribution in [0.3, 0.4) is 0 Å². The summed E-state index contributed by atoms with van der Waals surface area (Å²) in [7, 11) is -2.58. The first-order valence-electron chi connectivity index (χ1n) is 11.3. The van der Waals surface area contributed by atoms with Gasteiger partial charge in [0.1, 0.15) is 6.10 Å². The second-order valence-electron chi connectivity index (χ2n) is 10.9. The van der Waals surface area contributed by atoms with E-state index in [4.69, 9.17) is 14.2 Å². The number of benzene rings is 1. The van der Waals surface area contributed by atoms with Gasteiger partial charge in [-0.1, -0.05) is 67.3 Å². The molecule has 1 aromatic rings. The number of halogens is 1. The number of carbonyl (C=O) groups is 2. The minimum atomic E-state index is -1.31. The second kappa shape index (κ2) is 11.7. The molecule has 32 heavy (non-hydrogen) atoms. The lowest BCUT2D eigenvalue weighted by Crippen LogP contribution is -2.48. The Morgan fingerprint density at radius 2 is 1.66 bits per heavy atom. The molecule has 1 aliphatic rings. The van der Waals surface area contributed by atoms with Crippen LogP contribution in [0.5, 0.6) is 0 Å². The number of carbonyl (C=O) groups excluding carboxylic acids is 2. The summed E-state index contributed by atoms with van der Waals surface area (Å²) >= 11 is 3.52. The van der Waals surface area contributed by atoms with Crippen LogP contribution in [-0.2, 0) is 14.2 Å². The number of nitrogens with zero attached hydrogens (tertiary/aromatic N) is 1. The highest BCUT2D eigenvalue weighted by molar-refractivity contribution is 9.10. The second-order valence-corrected chi connectivity index (χ2v) is 23.0. The Balaban J connectivity index is 2.04. The zero-order valence-corrected chi connectivity index (χ0v) is 23.9. The molecule has 2 atom stereocenters. The maximum atomic E-state index is 12.6. The van der Waals surface area contributed by atoms with Crippen molar-refractivity contribution in [1.82, 2.24) is 4.90 Å². The Hall–Kier alpha value is -1.33. The van der Waals surface area contributed by atoms with E-state index in [9.17, 15) is 9.59 Å². The molecule has 1 aliphatic heterocycles. The van der Waals surface area contributed by atoms with Gasteiger partial charge < -0.3 is 19.1 Å². The number of rotatable bonds is 8. The highest BCUT2D eigenvalue weighted by atomic mass is 79.9. The zero-order chi connectivity index (χ0) is 23.9. The zero-order valence-electron chi connectivity index (χ0n) is 20.3. The molecule has 1 heterocycles. The molecule has 1 saturated heterocycles. The van der Waals surface area contributed by atoms with Gasteiger partial charge in [0.05, 0.1) is 19.8 Å². The number of ether oxygens (including phenoxy) is 3. The average Bonchev–Trinajstić information content (AvgIpc) is 2.65. The molecule has 2 rings (SSSR count). The van der Waals surface area contributed by atoms with Crippen LogP contribution in [0.25, 0.3) is 0 Å². The van der Waals surface area contributed by atoms with Gasteiger partial charge >= 0.3 is 12.2 Å². The molecule has 0 bridgehead atoms. The van der Waals surface area contributed by atoms with Gasteiger partial charge in [-0.3, -0.25) is 0 Å². The van der Waals surface area contributed by atoms with Crippen molar-refractivity contribution in [2.75, 3.05) is 26.3 Å². The molecule has 1 aromatic carbocycles. The SMILES string of the molecule is C[Si](C)(C)CCOC(=O)OC1CN(C(=O)OCC[Si](C)(C)C)CCC1c1cccc(Br)c1. The fraction of sp³-hybridized carbons (Fsp3) is 0.652. The third kappa shape index (κ3) is 9.66. The standard InChI is InChI=1S/C23H38BrNO5Si2/c1-31(2,3)14-12-28-22(26)25-11-10-20(18-8-7-9-19(24)16-18)21(17-25)30-23(27)29-13-15-32(4,5)6/h7-9,16,20-21H,10-15,17H2,1-6H3. The van der Waals surface area contributed by atoms with Gasteiger partial charge in [-0.2, -0.15) is 0 Å².